The van der Waals surface area contributed by atoms with Crippen LogP contribution in [0.25, 0.3) is 20.9 Å². The molecule has 0 atom stereocenters. The van der Waals surface area contributed by atoms with Crippen LogP contribution >= 0.6 is 11.3 Å². The number of ether oxygens (including phenoxy) is 2. The maximum atomic E-state index is 13.1. The maximum absolute atomic E-state index is 13.1. The molecule has 0 bridgehead atoms. The van der Waals surface area contributed by atoms with Crippen molar-refractivity contribution in [3.05, 3.63) is 71.7 Å². The Labute approximate surface area is 186 Å². The van der Waals surface area contributed by atoms with Crippen molar-refractivity contribution in [2.24, 2.45) is 0 Å². The molecule has 0 saturated carbocycles. The molecule has 2 aromatic heterocycles. The fourth-order valence-electron chi connectivity index (χ4n) is 3.00. The Balaban J connectivity index is 1.71. The van der Waals surface area contributed by atoms with E-state index in [4.69, 9.17) is 9.47 Å². The average molecular weight is 448 g/mol. The summed E-state index contributed by atoms with van der Waals surface area (Å²) in [7, 11) is 2.44. The molecule has 0 aliphatic heterocycles. The monoisotopic (exact) mass is 448 g/mol. The highest BCUT2D eigenvalue weighted by molar-refractivity contribution is 7.21. The second kappa shape index (κ2) is 8.90. The number of carbonyl (C=O) groups excluding carboxylic acids is 3. The van der Waals surface area contributed by atoms with Gasteiger partial charge in [0.25, 0.3) is 5.91 Å². The number of benzene rings is 2. The number of nitrogens with one attached hydrogen (secondary N) is 1. The zero-order chi connectivity index (χ0) is 22.7. The van der Waals surface area contributed by atoms with Crippen LogP contribution in [0.2, 0.25) is 0 Å². The van der Waals surface area contributed by atoms with Crippen LogP contribution < -0.4 is 5.32 Å². The van der Waals surface area contributed by atoms with E-state index in [1.165, 1.54) is 56.1 Å². The van der Waals surface area contributed by atoms with Crippen molar-refractivity contribution in [2.45, 2.75) is 0 Å². The molecule has 160 valence electrons. The van der Waals surface area contributed by atoms with Crippen LogP contribution in [0.15, 0.2) is 54.9 Å². The third kappa shape index (κ3) is 4.16. The van der Waals surface area contributed by atoms with E-state index in [1.54, 1.807) is 0 Å². The van der Waals surface area contributed by atoms with E-state index in [-0.39, 0.29) is 22.5 Å². The predicted molar refractivity (Wildman–Crippen MR) is 118 cm³/mol. The molecular formula is C22H16N4O5S. The molecular weight excluding hydrogens is 432 g/mol. The number of carbonyl (C=O) groups is 3. The number of hydrogen-bond acceptors (Lipinski definition) is 9. The van der Waals surface area contributed by atoms with Gasteiger partial charge >= 0.3 is 11.9 Å². The standard InChI is InChI=1S/C22H16N4O5S/c1-30-21(28)12-9-13(22(29)31-2)11-14(10-12)25-19(27)17-18(24-8-7-23-17)20-26-15-5-3-4-6-16(15)32-20/h3-11H,1-2H3,(H,25,27). The first-order chi connectivity index (χ1) is 15.5. The van der Waals surface area contributed by atoms with Crippen LogP contribution in [0.4, 0.5) is 5.69 Å². The topological polar surface area (TPSA) is 120 Å². The number of amides is 1. The summed E-state index contributed by atoms with van der Waals surface area (Å²) < 4.78 is 10.4. The van der Waals surface area contributed by atoms with Gasteiger partial charge in [0.2, 0.25) is 0 Å². The Hall–Kier alpha value is -4.18. The Morgan fingerprint density at radius 3 is 2.22 bits per heavy atom. The molecule has 1 amide bonds. The first-order valence-electron chi connectivity index (χ1n) is 9.30. The molecule has 9 nitrogen and oxygen atoms in total. The van der Waals surface area contributed by atoms with E-state index in [9.17, 15) is 14.4 Å². The molecule has 0 unspecified atom stereocenters. The molecule has 1 N–H and O–H groups in total. The third-order valence-electron chi connectivity index (χ3n) is 4.44. The lowest BCUT2D eigenvalue weighted by Crippen LogP contribution is -2.17. The fraction of sp³-hybridized carbons (Fsp3) is 0.0909. The van der Waals surface area contributed by atoms with Crippen molar-refractivity contribution in [1.29, 1.82) is 0 Å². The van der Waals surface area contributed by atoms with E-state index < -0.39 is 17.8 Å². The number of fused-ring (bicyclic) bond motifs is 1. The fourth-order valence-corrected chi connectivity index (χ4v) is 3.96. The highest BCUT2D eigenvalue weighted by Gasteiger charge is 2.21. The Morgan fingerprint density at radius 2 is 1.56 bits per heavy atom. The first-order valence-corrected chi connectivity index (χ1v) is 10.1. The van der Waals surface area contributed by atoms with E-state index in [0.717, 1.165) is 10.2 Å². The molecule has 0 radical (unpaired) electrons. The summed E-state index contributed by atoms with van der Waals surface area (Å²) in [5.74, 6) is -1.91. The summed E-state index contributed by atoms with van der Waals surface area (Å²) in [6, 6.07) is 11.7. The molecule has 0 saturated heterocycles. The van der Waals surface area contributed by atoms with Crippen LogP contribution in [0.1, 0.15) is 31.2 Å². The molecule has 0 fully saturated rings. The predicted octanol–water partition coefficient (Wildman–Crippen LogP) is 3.58. The van der Waals surface area contributed by atoms with E-state index in [1.807, 2.05) is 24.3 Å². The lowest BCUT2D eigenvalue weighted by molar-refractivity contribution is 0.0599. The van der Waals surface area contributed by atoms with Gasteiger partial charge < -0.3 is 14.8 Å². The summed E-state index contributed by atoms with van der Waals surface area (Å²) in [6.07, 6.45) is 2.88. The SMILES string of the molecule is COC(=O)c1cc(NC(=O)c2nccnc2-c2nc3ccccc3s2)cc(C(=O)OC)c1. The van der Waals surface area contributed by atoms with Gasteiger partial charge in [-0.25, -0.2) is 24.5 Å². The summed E-state index contributed by atoms with van der Waals surface area (Å²) in [4.78, 5) is 50.1. The highest BCUT2D eigenvalue weighted by atomic mass is 32.1. The number of hydrogen-bond donors (Lipinski definition) is 1. The highest BCUT2D eigenvalue weighted by Crippen LogP contribution is 2.30. The van der Waals surface area contributed by atoms with Gasteiger partial charge in [0.15, 0.2) is 5.69 Å². The molecule has 2 aromatic carbocycles. The maximum Gasteiger partial charge on any atom is 0.337 e. The number of nitrogens with zero attached hydrogens (tertiary/aromatic N) is 3. The number of rotatable bonds is 5. The van der Waals surface area contributed by atoms with E-state index >= 15 is 0 Å². The molecule has 2 heterocycles. The second-order valence-electron chi connectivity index (χ2n) is 6.48. The van der Waals surface area contributed by atoms with Crippen molar-refractivity contribution in [2.75, 3.05) is 19.5 Å². The van der Waals surface area contributed by atoms with E-state index in [0.29, 0.717) is 10.7 Å². The summed E-state index contributed by atoms with van der Waals surface area (Å²) in [6.45, 7) is 0. The molecule has 10 heteroatoms. The van der Waals surface area contributed by atoms with Crippen molar-refractivity contribution in [3.8, 4) is 10.7 Å². The van der Waals surface area contributed by atoms with Gasteiger partial charge in [-0.1, -0.05) is 12.1 Å². The Bertz CT molecular complexity index is 1280. The summed E-state index contributed by atoms with van der Waals surface area (Å²) in [5, 5.41) is 3.21. The minimum Gasteiger partial charge on any atom is -0.465 e. The quantitative estimate of drug-likeness (QED) is 0.460. The lowest BCUT2D eigenvalue weighted by Gasteiger charge is -2.10. The van der Waals surface area contributed by atoms with Gasteiger partial charge in [-0.05, 0) is 30.3 Å². The Kier molecular flexibility index (Phi) is 5.86. The molecule has 32 heavy (non-hydrogen) atoms. The number of esters is 2. The molecule has 4 rings (SSSR count). The molecule has 0 spiro atoms. The molecule has 4 aromatic rings. The van der Waals surface area contributed by atoms with Gasteiger partial charge in [0, 0.05) is 18.1 Å². The van der Waals surface area contributed by atoms with Crippen molar-refractivity contribution < 1.29 is 23.9 Å². The molecule has 0 aliphatic rings. The minimum absolute atomic E-state index is 0.0506. The number of methoxy groups -OCH3 is 2. The van der Waals surface area contributed by atoms with Crippen LogP contribution in [0.5, 0.6) is 0 Å². The van der Waals surface area contributed by atoms with Gasteiger partial charge in [-0.3, -0.25) is 4.79 Å². The largest absolute Gasteiger partial charge is 0.465 e. The van der Waals surface area contributed by atoms with Gasteiger partial charge in [-0.2, -0.15) is 0 Å². The van der Waals surface area contributed by atoms with Crippen LogP contribution in [0, 0.1) is 0 Å². The number of thiazole rings is 1. The summed E-state index contributed by atoms with van der Waals surface area (Å²) in [5.41, 5.74) is 1.52. The minimum atomic E-state index is -0.666. The first kappa shape index (κ1) is 21.1. The Morgan fingerprint density at radius 1 is 0.906 bits per heavy atom. The van der Waals surface area contributed by atoms with E-state index in [2.05, 4.69) is 20.3 Å². The number of anilines is 1. The van der Waals surface area contributed by atoms with Crippen LogP contribution in [0.3, 0.4) is 0 Å². The van der Waals surface area contributed by atoms with Crippen LogP contribution in [-0.4, -0.2) is 47.0 Å². The zero-order valence-corrected chi connectivity index (χ0v) is 17.8. The average Bonchev–Trinajstić information content (AvgIpc) is 3.27. The smallest absolute Gasteiger partial charge is 0.337 e. The number of aromatic nitrogens is 3. The molecule has 0 aliphatic carbocycles. The van der Waals surface area contributed by atoms with Crippen molar-refractivity contribution in [1.82, 2.24) is 15.0 Å². The van der Waals surface area contributed by atoms with Gasteiger partial charge in [0.05, 0.1) is 35.6 Å². The van der Waals surface area contributed by atoms with Gasteiger partial charge in [0.1, 0.15) is 10.7 Å². The summed E-state index contributed by atoms with van der Waals surface area (Å²) >= 11 is 1.39. The zero-order valence-electron chi connectivity index (χ0n) is 17.0. The second-order valence-corrected chi connectivity index (χ2v) is 7.51. The number of para-hydroxylation sites is 1. The normalized spacial score (nSPS) is 10.6. The van der Waals surface area contributed by atoms with Crippen molar-refractivity contribution in [3.63, 3.8) is 0 Å². The third-order valence-corrected chi connectivity index (χ3v) is 5.49. The van der Waals surface area contributed by atoms with Crippen molar-refractivity contribution >= 4 is 45.1 Å². The lowest BCUT2D eigenvalue weighted by atomic mass is 10.1. The van der Waals surface area contributed by atoms with Crippen LogP contribution in [-0.2, 0) is 9.47 Å². The van der Waals surface area contributed by atoms with Gasteiger partial charge in [-0.15, -0.1) is 11.3 Å².